The molecule has 2 rings (SSSR count). The van der Waals surface area contributed by atoms with E-state index < -0.39 is 10.0 Å². The highest BCUT2D eigenvalue weighted by atomic mass is 127. The number of guanidine groups is 1. The molecule has 9 heteroatoms. The molecule has 1 aliphatic rings. The molecule has 0 radical (unpaired) electrons. The van der Waals surface area contributed by atoms with Gasteiger partial charge in [0.15, 0.2) is 5.96 Å². The highest BCUT2D eigenvalue weighted by molar-refractivity contribution is 14.0. The molecule has 1 aromatic rings. The lowest BCUT2D eigenvalue weighted by Gasteiger charge is -2.25. The van der Waals surface area contributed by atoms with E-state index in [4.69, 9.17) is 4.74 Å². The van der Waals surface area contributed by atoms with Crippen molar-refractivity contribution in [2.75, 3.05) is 32.5 Å². The van der Waals surface area contributed by atoms with E-state index in [1.165, 1.54) is 6.42 Å². The molecule has 1 aromatic carbocycles. The molecule has 172 valence electrons. The lowest BCUT2D eigenvalue weighted by molar-refractivity contribution is 0.271. The monoisotopic (exact) mass is 552 g/mol. The van der Waals surface area contributed by atoms with Gasteiger partial charge in [-0.3, -0.25) is 4.99 Å². The van der Waals surface area contributed by atoms with Crippen molar-refractivity contribution in [3.8, 4) is 5.75 Å². The highest BCUT2D eigenvalue weighted by Crippen LogP contribution is 2.25. The minimum absolute atomic E-state index is 0. The predicted molar refractivity (Wildman–Crippen MR) is 134 cm³/mol. The molecule has 1 unspecified atom stereocenters. The first kappa shape index (κ1) is 27.0. The van der Waals surface area contributed by atoms with Crippen molar-refractivity contribution >= 4 is 40.0 Å². The van der Waals surface area contributed by atoms with E-state index in [9.17, 15) is 8.42 Å². The molecule has 30 heavy (non-hydrogen) atoms. The fraction of sp³-hybridized carbons (Fsp3) is 0.667. The molecular weight excluding hydrogens is 515 g/mol. The summed E-state index contributed by atoms with van der Waals surface area (Å²) in [6.07, 6.45) is 3.46. The second-order valence-corrected chi connectivity index (χ2v) is 10.0. The molecule has 0 saturated heterocycles. The molecule has 3 N–H and O–H groups in total. The Morgan fingerprint density at radius 3 is 2.40 bits per heavy atom. The molecule has 0 aliphatic heterocycles. The molecule has 1 saturated carbocycles. The van der Waals surface area contributed by atoms with Crippen LogP contribution in [-0.2, 0) is 10.0 Å². The number of halogens is 1. The second-order valence-electron chi connectivity index (χ2n) is 8.10. The standard InChI is InChI=1S/C21H36N4O3S.HI/c1-16(2)15-28-20-10-8-19(9-11-20)17(3)25-21(22-4)23-12-13-29(26,27)24-14-18-6-5-7-18;/h8-11,16-18,24H,5-7,12-15H2,1-4H3,(H2,22,23,25);1H. The number of ether oxygens (including phenoxy) is 1. The molecular formula is C21H37IN4O3S. The van der Waals surface area contributed by atoms with E-state index in [1.54, 1.807) is 7.05 Å². The zero-order valence-electron chi connectivity index (χ0n) is 18.5. The maximum absolute atomic E-state index is 12.1. The largest absolute Gasteiger partial charge is 0.493 e. The Hall–Kier alpha value is -1.07. The van der Waals surface area contributed by atoms with E-state index >= 15 is 0 Å². The van der Waals surface area contributed by atoms with Crippen LogP contribution in [0, 0.1) is 11.8 Å². The number of sulfonamides is 1. The van der Waals surface area contributed by atoms with Crippen molar-refractivity contribution in [1.29, 1.82) is 0 Å². The van der Waals surface area contributed by atoms with Crippen LogP contribution in [0.2, 0.25) is 0 Å². The number of rotatable bonds is 11. The van der Waals surface area contributed by atoms with Gasteiger partial charge in [-0.15, -0.1) is 24.0 Å². The van der Waals surface area contributed by atoms with Crippen LogP contribution in [0.3, 0.4) is 0 Å². The number of aliphatic imine (C=N–C) groups is 1. The first-order chi connectivity index (χ1) is 13.8. The van der Waals surface area contributed by atoms with Gasteiger partial charge >= 0.3 is 0 Å². The summed E-state index contributed by atoms with van der Waals surface area (Å²) < 4.78 is 32.6. The maximum Gasteiger partial charge on any atom is 0.213 e. The van der Waals surface area contributed by atoms with Gasteiger partial charge in [-0.1, -0.05) is 32.4 Å². The lowest BCUT2D eigenvalue weighted by atomic mass is 9.86. The summed E-state index contributed by atoms with van der Waals surface area (Å²) in [5.74, 6) is 2.46. The summed E-state index contributed by atoms with van der Waals surface area (Å²) in [4.78, 5) is 4.19. The summed E-state index contributed by atoms with van der Waals surface area (Å²) >= 11 is 0. The number of nitrogens with one attached hydrogen (secondary N) is 3. The topological polar surface area (TPSA) is 91.8 Å². The fourth-order valence-corrected chi connectivity index (χ4v) is 3.92. The zero-order valence-corrected chi connectivity index (χ0v) is 21.6. The van der Waals surface area contributed by atoms with Gasteiger partial charge in [0.1, 0.15) is 5.75 Å². The average molecular weight is 553 g/mol. The first-order valence-electron chi connectivity index (χ1n) is 10.5. The van der Waals surface area contributed by atoms with Crippen LogP contribution in [0.5, 0.6) is 5.75 Å². The fourth-order valence-electron chi connectivity index (χ4n) is 2.92. The Balaban J connectivity index is 0.00000450. The Morgan fingerprint density at radius 1 is 1.20 bits per heavy atom. The van der Waals surface area contributed by atoms with E-state index in [0.29, 0.717) is 37.5 Å². The number of nitrogens with zero attached hydrogens (tertiary/aromatic N) is 1. The minimum Gasteiger partial charge on any atom is -0.493 e. The Kier molecular flexibility index (Phi) is 12.0. The van der Waals surface area contributed by atoms with Gasteiger partial charge in [0, 0.05) is 20.1 Å². The van der Waals surface area contributed by atoms with Gasteiger partial charge in [0.25, 0.3) is 0 Å². The van der Waals surface area contributed by atoms with Crippen LogP contribution in [0.25, 0.3) is 0 Å². The zero-order chi connectivity index (χ0) is 21.3. The predicted octanol–water partition coefficient (Wildman–Crippen LogP) is 3.28. The van der Waals surface area contributed by atoms with E-state index in [2.05, 4.69) is 34.2 Å². The van der Waals surface area contributed by atoms with Crippen molar-refractivity contribution in [3.05, 3.63) is 29.8 Å². The summed E-state index contributed by atoms with van der Waals surface area (Å²) in [6, 6.07) is 8.00. The van der Waals surface area contributed by atoms with Gasteiger partial charge in [-0.2, -0.15) is 0 Å². The van der Waals surface area contributed by atoms with Gasteiger partial charge < -0.3 is 15.4 Å². The van der Waals surface area contributed by atoms with Crippen LogP contribution in [0.15, 0.2) is 29.3 Å². The van der Waals surface area contributed by atoms with Gasteiger partial charge in [0.05, 0.1) is 18.4 Å². The third-order valence-corrected chi connectivity index (χ3v) is 6.37. The van der Waals surface area contributed by atoms with Crippen molar-refractivity contribution in [2.24, 2.45) is 16.8 Å². The minimum atomic E-state index is -3.26. The Labute approximate surface area is 198 Å². The average Bonchev–Trinajstić information content (AvgIpc) is 2.64. The molecule has 0 heterocycles. The summed E-state index contributed by atoms with van der Waals surface area (Å²) in [5, 5.41) is 6.37. The SMILES string of the molecule is CN=C(NCCS(=O)(=O)NCC1CCC1)NC(C)c1ccc(OCC(C)C)cc1.I. The quantitative estimate of drug-likeness (QED) is 0.223. The van der Waals surface area contributed by atoms with Crippen molar-refractivity contribution in [3.63, 3.8) is 0 Å². The third-order valence-electron chi connectivity index (χ3n) is 5.02. The van der Waals surface area contributed by atoms with Crippen LogP contribution < -0.4 is 20.1 Å². The Morgan fingerprint density at radius 2 is 1.87 bits per heavy atom. The maximum atomic E-state index is 12.1. The molecule has 1 atom stereocenters. The van der Waals surface area contributed by atoms with Gasteiger partial charge in [0.2, 0.25) is 10.0 Å². The summed E-state index contributed by atoms with van der Waals surface area (Å²) in [7, 11) is -1.59. The molecule has 1 aliphatic carbocycles. The van der Waals surface area contributed by atoms with Crippen molar-refractivity contribution in [2.45, 2.75) is 46.1 Å². The van der Waals surface area contributed by atoms with Crippen LogP contribution in [0.1, 0.15) is 51.6 Å². The third kappa shape index (κ3) is 9.82. The van der Waals surface area contributed by atoms with E-state index in [0.717, 1.165) is 24.2 Å². The summed E-state index contributed by atoms with van der Waals surface area (Å²) in [6.45, 7) is 7.83. The normalized spacial score (nSPS) is 15.8. The molecule has 0 amide bonds. The second kappa shape index (κ2) is 13.4. The summed E-state index contributed by atoms with van der Waals surface area (Å²) in [5.41, 5.74) is 1.10. The van der Waals surface area contributed by atoms with Gasteiger partial charge in [-0.25, -0.2) is 13.1 Å². The Bertz CT molecular complexity index is 750. The van der Waals surface area contributed by atoms with Crippen LogP contribution >= 0.6 is 24.0 Å². The van der Waals surface area contributed by atoms with Gasteiger partial charge in [-0.05, 0) is 49.3 Å². The van der Waals surface area contributed by atoms with E-state index in [-0.39, 0.29) is 35.8 Å². The molecule has 0 spiro atoms. The smallest absolute Gasteiger partial charge is 0.213 e. The first-order valence-corrected chi connectivity index (χ1v) is 12.1. The van der Waals surface area contributed by atoms with Crippen molar-refractivity contribution in [1.82, 2.24) is 15.4 Å². The van der Waals surface area contributed by atoms with Crippen molar-refractivity contribution < 1.29 is 13.2 Å². The molecule has 7 nitrogen and oxygen atoms in total. The molecule has 0 aromatic heterocycles. The number of hydrogen-bond donors (Lipinski definition) is 3. The lowest BCUT2D eigenvalue weighted by Crippen LogP contribution is -2.42. The highest BCUT2D eigenvalue weighted by Gasteiger charge is 2.20. The number of hydrogen-bond acceptors (Lipinski definition) is 4. The van der Waals surface area contributed by atoms with E-state index in [1.807, 2.05) is 31.2 Å². The number of benzene rings is 1. The van der Waals surface area contributed by atoms with Crippen LogP contribution in [0.4, 0.5) is 0 Å². The molecule has 0 bridgehead atoms. The van der Waals surface area contributed by atoms with Crippen LogP contribution in [-0.4, -0.2) is 46.9 Å². The molecule has 1 fully saturated rings.